The Morgan fingerprint density at radius 2 is 1.70 bits per heavy atom. The first-order valence-electron chi connectivity index (χ1n) is 10.2. The topological polar surface area (TPSA) is 73.9 Å². The number of hydrogen-bond donors (Lipinski definition) is 1. The summed E-state index contributed by atoms with van der Waals surface area (Å²) in [7, 11) is 3.16. The van der Waals surface area contributed by atoms with Gasteiger partial charge in [0.1, 0.15) is 11.5 Å². The number of carbonyl (C=O) groups excluding carboxylic acids is 2. The van der Waals surface area contributed by atoms with E-state index in [1.807, 2.05) is 32.9 Å². The van der Waals surface area contributed by atoms with Gasteiger partial charge in [-0.15, -0.1) is 0 Å². The number of ketones is 1. The van der Waals surface area contributed by atoms with Gasteiger partial charge in [-0.2, -0.15) is 0 Å². The Balaban J connectivity index is 2.23. The Morgan fingerprint density at radius 1 is 1.10 bits per heavy atom. The van der Waals surface area contributed by atoms with Crippen molar-refractivity contribution in [1.29, 1.82) is 0 Å². The van der Waals surface area contributed by atoms with Crippen molar-refractivity contribution in [2.24, 2.45) is 5.41 Å². The van der Waals surface area contributed by atoms with Crippen LogP contribution < -0.4 is 14.8 Å². The van der Waals surface area contributed by atoms with Gasteiger partial charge >= 0.3 is 5.97 Å². The summed E-state index contributed by atoms with van der Waals surface area (Å²) in [5.74, 6) is 0.277. The monoisotopic (exact) mass is 413 g/mol. The summed E-state index contributed by atoms with van der Waals surface area (Å²) in [5, 5.41) is 3.34. The summed E-state index contributed by atoms with van der Waals surface area (Å²) in [5.41, 5.74) is 3.29. The van der Waals surface area contributed by atoms with E-state index in [0.29, 0.717) is 34.8 Å². The Kier molecular flexibility index (Phi) is 5.97. The average molecular weight is 414 g/mol. The van der Waals surface area contributed by atoms with E-state index < -0.39 is 11.9 Å². The largest absolute Gasteiger partial charge is 0.497 e. The van der Waals surface area contributed by atoms with E-state index in [2.05, 4.69) is 19.2 Å². The molecular weight excluding hydrogens is 382 g/mol. The highest BCUT2D eigenvalue weighted by Crippen LogP contribution is 2.47. The van der Waals surface area contributed by atoms with Crippen LogP contribution in [0, 0.1) is 5.41 Å². The molecule has 1 aromatic rings. The van der Waals surface area contributed by atoms with Gasteiger partial charge < -0.3 is 19.5 Å². The second-order valence-corrected chi connectivity index (χ2v) is 9.03. The summed E-state index contributed by atoms with van der Waals surface area (Å²) >= 11 is 0. The number of methoxy groups -OCH3 is 2. The lowest BCUT2D eigenvalue weighted by atomic mass is 9.68. The van der Waals surface area contributed by atoms with Crippen LogP contribution in [0.4, 0.5) is 0 Å². The Labute approximate surface area is 178 Å². The number of dihydropyridines is 1. The molecule has 3 rings (SSSR count). The van der Waals surface area contributed by atoms with Crippen LogP contribution in [0.25, 0.3) is 0 Å². The first-order valence-corrected chi connectivity index (χ1v) is 10.2. The molecule has 1 aliphatic heterocycles. The number of rotatable bonds is 5. The van der Waals surface area contributed by atoms with E-state index in [0.717, 1.165) is 17.7 Å². The minimum Gasteiger partial charge on any atom is -0.497 e. The molecule has 1 aromatic carbocycles. The zero-order chi connectivity index (χ0) is 22.2. The lowest BCUT2D eigenvalue weighted by Gasteiger charge is -2.39. The van der Waals surface area contributed by atoms with Gasteiger partial charge in [0, 0.05) is 35.4 Å². The van der Waals surface area contributed by atoms with Crippen LogP contribution >= 0.6 is 0 Å². The fourth-order valence-electron chi connectivity index (χ4n) is 4.31. The van der Waals surface area contributed by atoms with E-state index in [4.69, 9.17) is 14.2 Å². The lowest BCUT2D eigenvalue weighted by Crippen LogP contribution is -2.39. The molecule has 6 heteroatoms. The Bertz CT molecular complexity index is 917. The zero-order valence-electron chi connectivity index (χ0n) is 18.8. The number of carbonyl (C=O) groups is 2. The molecule has 0 bridgehead atoms. The highest BCUT2D eigenvalue weighted by molar-refractivity contribution is 6.04. The van der Waals surface area contributed by atoms with Crippen LogP contribution in [0.5, 0.6) is 11.5 Å². The molecule has 1 aliphatic carbocycles. The summed E-state index contributed by atoms with van der Waals surface area (Å²) in [6.45, 7) is 9.65. The number of allylic oxidation sites excluding steroid dienone is 3. The maximum Gasteiger partial charge on any atom is 0.337 e. The van der Waals surface area contributed by atoms with E-state index in [-0.39, 0.29) is 17.3 Å². The summed E-state index contributed by atoms with van der Waals surface area (Å²) in [6.07, 6.45) is 0.890. The predicted octanol–water partition coefficient (Wildman–Crippen LogP) is 4.26. The van der Waals surface area contributed by atoms with Crippen molar-refractivity contribution in [1.82, 2.24) is 5.32 Å². The number of benzene rings is 1. The fourth-order valence-corrected chi connectivity index (χ4v) is 4.31. The van der Waals surface area contributed by atoms with Gasteiger partial charge in [0.15, 0.2) is 5.78 Å². The van der Waals surface area contributed by atoms with Crippen molar-refractivity contribution in [3.05, 3.63) is 46.3 Å². The molecule has 6 nitrogen and oxygen atoms in total. The van der Waals surface area contributed by atoms with Crippen molar-refractivity contribution in [3.8, 4) is 11.5 Å². The van der Waals surface area contributed by atoms with Crippen LogP contribution in [0.2, 0.25) is 0 Å². The second kappa shape index (κ2) is 8.17. The van der Waals surface area contributed by atoms with E-state index in [1.165, 1.54) is 0 Å². The van der Waals surface area contributed by atoms with Gasteiger partial charge in [-0.05, 0) is 50.3 Å². The van der Waals surface area contributed by atoms with E-state index in [1.54, 1.807) is 20.3 Å². The van der Waals surface area contributed by atoms with E-state index in [9.17, 15) is 9.59 Å². The Morgan fingerprint density at radius 3 is 2.23 bits per heavy atom. The number of esters is 1. The van der Waals surface area contributed by atoms with Crippen molar-refractivity contribution in [3.63, 3.8) is 0 Å². The highest BCUT2D eigenvalue weighted by atomic mass is 16.5. The van der Waals surface area contributed by atoms with Crippen LogP contribution in [0.3, 0.4) is 0 Å². The van der Waals surface area contributed by atoms with Crippen molar-refractivity contribution >= 4 is 11.8 Å². The number of ether oxygens (including phenoxy) is 3. The molecule has 0 amide bonds. The smallest absolute Gasteiger partial charge is 0.337 e. The molecule has 0 saturated carbocycles. The maximum absolute atomic E-state index is 13.3. The van der Waals surface area contributed by atoms with Crippen LogP contribution in [0.15, 0.2) is 40.7 Å². The summed E-state index contributed by atoms with van der Waals surface area (Å²) in [4.78, 5) is 26.4. The second-order valence-electron chi connectivity index (χ2n) is 9.03. The van der Waals surface area contributed by atoms with Crippen LogP contribution in [0.1, 0.15) is 58.9 Å². The molecule has 0 fully saturated rings. The highest BCUT2D eigenvalue weighted by Gasteiger charge is 2.43. The molecule has 0 saturated heterocycles. The quantitative estimate of drug-likeness (QED) is 0.727. The molecular formula is C24H31NO5. The molecule has 1 N–H and O–H groups in total. The molecule has 0 aromatic heterocycles. The fraction of sp³-hybridized carbons (Fsp3) is 0.500. The van der Waals surface area contributed by atoms with Gasteiger partial charge in [0.05, 0.1) is 25.9 Å². The minimum atomic E-state index is -0.542. The van der Waals surface area contributed by atoms with E-state index >= 15 is 0 Å². The third-order valence-corrected chi connectivity index (χ3v) is 5.51. The van der Waals surface area contributed by atoms with Crippen LogP contribution in [-0.4, -0.2) is 32.1 Å². The van der Waals surface area contributed by atoms with Gasteiger partial charge in [-0.25, -0.2) is 4.79 Å². The number of hydrogen-bond acceptors (Lipinski definition) is 6. The minimum absolute atomic E-state index is 0.0443. The maximum atomic E-state index is 13.3. The number of Topliss-reactive ketones (excluding diaryl/α,β-unsaturated/α-hetero) is 1. The van der Waals surface area contributed by atoms with Gasteiger partial charge in [0.25, 0.3) is 0 Å². The van der Waals surface area contributed by atoms with Gasteiger partial charge in [-0.3, -0.25) is 4.79 Å². The third-order valence-electron chi connectivity index (χ3n) is 5.51. The zero-order valence-corrected chi connectivity index (χ0v) is 18.8. The molecule has 0 radical (unpaired) electrons. The van der Waals surface area contributed by atoms with Crippen molar-refractivity contribution < 1.29 is 23.8 Å². The van der Waals surface area contributed by atoms with Crippen molar-refractivity contribution in [2.75, 3.05) is 14.2 Å². The first-order chi connectivity index (χ1) is 14.1. The molecule has 0 unspecified atom stereocenters. The summed E-state index contributed by atoms with van der Waals surface area (Å²) in [6, 6.07) is 5.48. The van der Waals surface area contributed by atoms with Gasteiger partial charge in [-0.1, -0.05) is 13.8 Å². The molecule has 30 heavy (non-hydrogen) atoms. The molecule has 0 spiro atoms. The molecule has 2 aliphatic rings. The van der Waals surface area contributed by atoms with Crippen molar-refractivity contribution in [2.45, 2.75) is 59.5 Å². The number of nitrogens with one attached hydrogen (secondary N) is 1. The molecule has 1 atom stereocenters. The SMILES string of the molecule is COc1cc(OC)cc([C@H]2C(C(=O)OC(C)C)=C(C)NC3=C2C(=O)CC(C)(C)C3)c1. The van der Waals surface area contributed by atoms with Gasteiger partial charge in [0.2, 0.25) is 0 Å². The first kappa shape index (κ1) is 21.9. The molecule has 162 valence electrons. The summed E-state index contributed by atoms with van der Waals surface area (Å²) < 4.78 is 16.4. The average Bonchev–Trinajstić information content (AvgIpc) is 2.64. The van der Waals surface area contributed by atoms with Crippen LogP contribution in [-0.2, 0) is 14.3 Å². The third kappa shape index (κ3) is 4.23. The Hall–Kier alpha value is -2.76. The lowest BCUT2D eigenvalue weighted by molar-refractivity contribution is -0.143. The standard InChI is InChI=1S/C24H31NO5/c1-13(2)30-23(27)20-14(3)25-18-11-24(4,5)12-19(26)22(18)21(20)15-8-16(28-6)10-17(9-15)29-7/h8-10,13,21,25H,11-12H2,1-7H3/t21-/m0/s1. The predicted molar refractivity (Wildman–Crippen MR) is 114 cm³/mol. The normalized spacial score (nSPS) is 20.7. The molecule has 1 heterocycles.